The van der Waals surface area contributed by atoms with Gasteiger partial charge in [0.05, 0.1) is 13.2 Å². The van der Waals surface area contributed by atoms with Crippen LogP contribution in [-0.4, -0.2) is 26.9 Å². The van der Waals surface area contributed by atoms with Crippen molar-refractivity contribution in [2.45, 2.75) is 19.9 Å². The molecule has 4 nitrogen and oxygen atoms in total. The van der Waals surface area contributed by atoms with Crippen LogP contribution in [0.4, 0.5) is 5.69 Å². The fraction of sp³-hybridized carbons (Fsp3) is 0.368. The molecule has 1 N–H and O–H groups in total. The molecular formula is C19H25NO3. The molecule has 0 aliphatic heterocycles. The Bertz CT molecular complexity index is 569. The molecule has 124 valence electrons. The fourth-order valence-corrected chi connectivity index (χ4v) is 2.11. The summed E-state index contributed by atoms with van der Waals surface area (Å²) < 4.78 is 16.4. The molecule has 0 amide bonds. The van der Waals surface area contributed by atoms with Crippen molar-refractivity contribution in [2.75, 3.05) is 32.2 Å². The minimum absolute atomic E-state index is 0.553. The molecule has 4 heteroatoms. The van der Waals surface area contributed by atoms with E-state index in [0.717, 1.165) is 35.8 Å². The first-order valence-electron chi connectivity index (χ1n) is 8.00. The second-order valence-electron chi connectivity index (χ2n) is 5.18. The molecule has 0 radical (unpaired) electrons. The van der Waals surface area contributed by atoms with Gasteiger partial charge in [-0.1, -0.05) is 25.1 Å². The lowest BCUT2D eigenvalue weighted by Crippen LogP contribution is -2.07. The standard InChI is InChI=1S/C19H25NO3/c1-3-12-22-18-10-8-17(9-11-18)20-15-16-6-4-5-7-19(16)23-14-13-21-2/h4-11,20H,3,12-15H2,1-2H3. The summed E-state index contributed by atoms with van der Waals surface area (Å²) in [6.07, 6.45) is 1.01. The molecule has 0 heterocycles. The molecule has 0 atom stereocenters. The Labute approximate surface area is 138 Å². The highest BCUT2D eigenvalue weighted by atomic mass is 16.5. The maximum absolute atomic E-state index is 5.74. The Morgan fingerprint density at radius 1 is 0.870 bits per heavy atom. The molecule has 0 fully saturated rings. The van der Waals surface area contributed by atoms with Crippen molar-refractivity contribution in [3.05, 3.63) is 54.1 Å². The summed E-state index contributed by atoms with van der Waals surface area (Å²) in [6.45, 7) is 4.69. The number of hydrogen-bond donors (Lipinski definition) is 1. The van der Waals surface area contributed by atoms with E-state index >= 15 is 0 Å². The maximum Gasteiger partial charge on any atom is 0.124 e. The van der Waals surface area contributed by atoms with Gasteiger partial charge < -0.3 is 19.5 Å². The molecular weight excluding hydrogens is 290 g/mol. The zero-order chi connectivity index (χ0) is 16.3. The number of benzene rings is 2. The Kier molecular flexibility index (Phi) is 7.27. The number of hydrogen-bond acceptors (Lipinski definition) is 4. The molecule has 0 aromatic heterocycles. The van der Waals surface area contributed by atoms with Gasteiger partial charge in [0.2, 0.25) is 0 Å². The van der Waals surface area contributed by atoms with Crippen LogP contribution in [0.25, 0.3) is 0 Å². The predicted octanol–water partition coefficient (Wildman–Crippen LogP) is 4.11. The first kappa shape index (κ1) is 17.2. The highest BCUT2D eigenvalue weighted by molar-refractivity contribution is 5.47. The molecule has 0 bridgehead atoms. The van der Waals surface area contributed by atoms with Gasteiger partial charge in [-0.3, -0.25) is 0 Å². The van der Waals surface area contributed by atoms with Crippen molar-refractivity contribution >= 4 is 5.69 Å². The Balaban J connectivity index is 1.90. The van der Waals surface area contributed by atoms with Crippen LogP contribution in [0, 0.1) is 0 Å². The van der Waals surface area contributed by atoms with Crippen molar-refractivity contribution in [3.63, 3.8) is 0 Å². The number of rotatable bonds is 10. The molecule has 23 heavy (non-hydrogen) atoms. The van der Waals surface area contributed by atoms with Crippen LogP contribution >= 0.6 is 0 Å². The first-order valence-corrected chi connectivity index (χ1v) is 8.00. The van der Waals surface area contributed by atoms with Crippen molar-refractivity contribution in [1.29, 1.82) is 0 Å². The van der Waals surface area contributed by atoms with Gasteiger partial charge in [0.1, 0.15) is 18.1 Å². The lowest BCUT2D eigenvalue weighted by Gasteiger charge is -2.13. The quantitative estimate of drug-likeness (QED) is 0.670. The molecule has 0 aliphatic rings. The second kappa shape index (κ2) is 9.74. The van der Waals surface area contributed by atoms with E-state index in [4.69, 9.17) is 14.2 Å². The number of nitrogens with one attached hydrogen (secondary N) is 1. The molecule has 0 saturated carbocycles. The van der Waals surface area contributed by atoms with Crippen LogP contribution in [0.5, 0.6) is 11.5 Å². The smallest absolute Gasteiger partial charge is 0.124 e. The monoisotopic (exact) mass is 315 g/mol. The number of ether oxygens (including phenoxy) is 3. The minimum Gasteiger partial charge on any atom is -0.494 e. The lowest BCUT2D eigenvalue weighted by molar-refractivity contribution is 0.146. The highest BCUT2D eigenvalue weighted by Crippen LogP contribution is 2.21. The van der Waals surface area contributed by atoms with Crippen molar-refractivity contribution in [1.82, 2.24) is 0 Å². The summed E-state index contributed by atoms with van der Waals surface area (Å²) in [7, 11) is 1.67. The average Bonchev–Trinajstić information content (AvgIpc) is 2.60. The summed E-state index contributed by atoms with van der Waals surface area (Å²) in [5.74, 6) is 1.79. The van der Waals surface area contributed by atoms with Crippen LogP contribution < -0.4 is 14.8 Å². The Morgan fingerprint density at radius 3 is 2.39 bits per heavy atom. The summed E-state index contributed by atoms with van der Waals surface area (Å²) in [5.41, 5.74) is 2.18. The topological polar surface area (TPSA) is 39.7 Å². The average molecular weight is 315 g/mol. The van der Waals surface area contributed by atoms with Gasteiger partial charge in [-0.05, 0) is 36.8 Å². The zero-order valence-electron chi connectivity index (χ0n) is 13.9. The third kappa shape index (κ3) is 5.83. The fourth-order valence-electron chi connectivity index (χ4n) is 2.11. The van der Waals surface area contributed by atoms with Crippen LogP contribution in [0.2, 0.25) is 0 Å². The summed E-state index contributed by atoms with van der Waals surface area (Å²) in [6, 6.07) is 16.1. The van der Waals surface area contributed by atoms with Crippen molar-refractivity contribution < 1.29 is 14.2 Å². The van der Waals surface area contributed by atoms with E-state index in [9.17, 15) is 0 Å². The zero-order valence-corrected chi connectivity index (χ0v) is 13.9. The van der Waals surface area contributed by atoms with Crippen LogP contribution in [0.3, 0.4) is 0 Å². The maximum atomic E-state index is 5.74. The highest BCUT2D eigenvalue weighted by Gasteiger charge is 2.03. The van der Waals surface area contributed by atoms with E-state index < -0.39 is 0 Å². The normalized spacial score (nSPS) is 10.3. The molecule has 2 rings (SSSR count). The predicted molar refractivity (Wildman–Crippen MR) is 93.4 cm³/mol. The van der Waals surface area contributed by atoms with Crippen molar-refractivity contribution in [2.24, 2.45) is 0 Å². The van der Waals surface area contributed by atoms with Crippen LogP contribution in [-0.2, 0) is 11.3 Å². The Hall–Kier alpha value is -2.20. The van der Waals surface area contributed by atoms with E-state index in [0.29, 0.717) is 19.8 Å². The number of anilines is 1. The molecule has 0 saturated heterocycles. The van der Waals surface area contributed by atoms with Crippen molar-refractivity contribution in [3.8, 4) is 11.5 Å². The third-order valence-corrected chi connectivity index (χ3v) is 3.33. The second-order valence-corrected chi connectivity index (χ2v) is 5.18. The van der Waals surface area contributed by atoms with Gasteiger partial charge in [0, 0.05) is 24.9 Å². The van der Waals surface area contributed by atoms with Gasteiger partial charge in [0.25, 0.3) is 0 Å². The van der Waals surface area contributed by atoms with Crippen LogP contribution in [0.15, 0.2) is 48.5 Å². The van der Waals surface area contributed by atoms with Gasteiger partial charge in [-0.25, -0.2) is 0 Å². The Morgan fingerprint density at radius 2 is 1.65 bits per heavy atom. The molecule has 2 aromatic rings. The van der Waals surface area contributed by atoms with E-state index in [1.165, 1.54) is 0 Å². The number of para-hydroxylation sites is 1. The SMILES string of the molecule is CCCOc1ccc(NCc2ccccc2OCCOC)cc1. The molecule has 2 aromatic carbocycles. The van der Waals surface area contributed by atoms with E-state index in [-0.39, 0.29) is 0 Å². The molecule has 0 unspecified atom stereocenters. The van der Waals surface area contributed by atoms with E-state index in [1.54, 1.807) is 7.11 Å². The van der Waals surface area contributed by atoms with E-state index in [2.05, 4.69) is 18.3 Å². The van der Waals surface area contributed by atoms with Gasteiger partial charge in [-0.15, -0.1) is 0 Å². The molecule has 0 spiro atoms. The summed E-state index contributed by atoms with van der Waals surface area (Å²) in [4.78, 5) is 0. The van der Waals surface area contributed by atoms with Gasteiger partial charge >= 0.3 is 0 Å². The summed E-state index contributed by atoms with van der Waals surface area (Å²) >= 11 is 0. The lowest BCUT2D eigenvalue weighted by atomic mass is 10.2. The third-order valence-electron chi connectivity index (χ3n) is 3.33. The van der Waals surface area contributed by atoms with E-state index in [1.807, 2.05) is 42.5 Å². The summed E-state index contributed by atoms with van der Waals surface area (Å²) in [5, 5.41) is 3.41. The van der Waals surface area contributed by atoms with Gasteiger partial charge in [-0.2, -0.15) is 0 Å². The molecule has 0 aliphatic carbocycles. The minimum atomic E-state index is 0.553. The number of methoxy groups -OCH3 is 1. The van der Waals surface area contributed by atoms with Crippen LogP contribution in [0.1, 0.15) is 18.9 Å². The van der Waals surface area contributed by atoms with Gasteiger partial charge in [0.15, 0.2) is 0 Å². The largest absolute Gasteiger partial charge is 0.494 e. The first-order chi connectivity index (χ1) is 11.3.